The summed E-state index contributed by atoms with van der Waals surface area (Å²) in [5, 5.41) is 10.3. The number of amides is 2. The van der Waals surface area contributed by atoms with E-state index in [1.165, 1.54) is 12.5 Å². The van der Waals surface area contributed by atoms with Crippen LogP contribution in [0.1, 0.15) is 51.0 Å². The molecule has 1 fully saturated rings. The number of aliphatic hydroxyl groups is 1. The average molecular weight is 370 g/mol. The van der Waals surface area contributed by atoms with Crippen molar-refractivity contribution in [2.75, 3.05) is 31.1 Å². The molecule has 4 rings (SSSR count). The van der Waals surface area contributed by atoms with Gasteiger partial charge in [-0.05, 0) is 25.0 Å². The Morgan fingerprint density at radius 3 is 2.67 bits per heavy atom. The maximum atomic E-state index is 12.9. The summed E-state index contributed by atoms with van der Waals surface area (Å²) >= 11 is 0. The van der Waals surface area contributed by atoms with Gasteiger partial charge >= 0.3 is 0 Å². The molecule has 3 heterocycles. The predicted molar refractivity (Wildman–Crippen MR) is 97.5 cm³/mol. The lowest BCUT2D eigenvalue weighted by Crippen LogP contribution is -2.49. The minimum Gasteiger partial charge on any atom is -0.468 e. The number of hydrogen-bond donors (Lipinski definition) is 2. The number of hydrogen-bond acceptors (Lipinski definition) is 6. The molecule has 0 bridgehead atoms. The van der Waals surface area contributed by atoms with Crippen LogP contribution in [-0.2, 0) is 6.42 Å². The summed E-state index contributed by atoms with van der Waals surface area (Å²) in [7, 11) is 0. The summed E-state index contributed by atoms with van der Waals surface area (Å²) in [6.07, 6.45) is 4.62. The van der Waals surface area contributed by atoms with Gasteiger partial charge in [0, 0.05) is 44.4 Å². The van der Waals surface area contributed by atoms with Crippen LogP contribution in [0, 0.1) is 0 Å². The number of fused-ring (bicyclic) bond motifs is 1. The summed E-state index contributed by atoms with van der Waals surface area (Å²) in [5.41, 5.74) is 6.75. The minimum absolute atomic E-state index is 0.0994. The Kier molecular flexibility index (Phi) is 4.57. The summed E-state index contributed by atoms with van der Waals surface area (Å²) in [5.74, 6) is 0.880. The van der Waals surface area contributed by atoms with Gasteiger partial charge in [-0.25, -0.2) is 4.98 Å². The first-order chi connectivity index (χ1) is 13.0. The van der Waals surface area contributed by atoms with Gasteiger partial charge in [0.15, 0.2) is 0 Å². The molecule has 142 valence electrons. The van der Waals surface area contributed by atoms with E-state index in [-0.39, 0.29) is 5.91 Å². The van der Waals surface area contributed by atoms with Crippen molar-refractivity contribution in [2.24, 2.45) is 5.73 Å². The second-order valence-corrected chi connectivity index (χ2v) is 6.94. The zero-order valence-corrected chi connectivity index (χ0v) is 14.9. The predicted octanol–water partition coefficient (Wildman–Crippen LogP) is 1.11. The number of aryl methyl sites for hydroxylation is 1. The number of carbonyl (C=O) groups excluding carboxylic acids is 2. The topological polar surface area (TPSA) is 113 Å². The summed E-state index contributed by atoms with van der Waals surface area (Å²) in [6.45, 7) is 2.37. The zero-order valence-electron chi connectivity index (χ0n) is 14.9. The Morgan fingerprint density at radius 1 is 1.22 bits per heavy atom. The molecule has 0 spiro atoms. The van der Waals surface area contributed by atoms with Gasteiger partial charge in [0.1, 0.15) is 17.8 Å². The van der Waals surface area contributed by atoms with Gasteiger partial charge in [0.2, 0.25) is 5.91 Å². The number of rotatable bonds is 3. The summed E-state index contributed by atoms with van der Waals surface area (Å²) < 4.78 is 5.52. The van der Waals surface area contributed by atoms with E-state index in [0.717, 1.165) is 24.4 Å². The van der Waals surface area contributed by atoms with Crippen LogP contribution in [0.4, 0.5) is 5.82 Å². The van der Waals surface area contributed by atoms with Gasteiger partial charge in [-0.2, -0.15) is 0 Å². The maximum absolute atomic E-state index is 12.9. The number of anilines is 1. The van der Waals surface area contributed by atoms with Gasteiger partial charge in [0.25, 0.3) is 5.91 Å². The highest BCUT2D eigenvalue weighted by molar-refractivity contribution is 5.96. The third-order valence-corrected chi connectivity index (χ3v) is 5.28. The monoisotopic (exact) mass is 370 g/mol. The van der Waals surface area contributed by atoms with Gasteiger partial charge in [-0.3, -0.25) is 9.59 Å². The molecule has 2 amide bonds. The second kappa shape index (κ2) is 7.03. The van der Waals surface area contributed by atoms with Crippen molar-refractivity contribution in [1.82, 2.24) is 9.88 Å². The molecule has 2 aromatic rings. The van der Waals surface area contributed by atoms with Crippen LogP contribution in [0.2, 0.25) is 0 Å². The first-order valence-corrected chi connectivity index (χ1v) is 9.13. The highest BCUT2D eigenvalue weighted by Gasteiger charge is 2.31. The quantitative estimate of drug-likeness (QED) is 0.837. The molecular formula is C19H22N4O4. The first-order valence-electron chi connectivity index (χ1n) is 9.13. The lowest BCUT2D eigenvalue weighted by molar-refractivity contribution is 0.0737. The van der Waals surface area contributed by atoms with Crippen LogP contribution < -0.4 is 10.6 Å². The molecular weight excluding hydrogens is 348 g/mol. The Bertz CT molecular complexity index is 853. The number of pyridine rings is 1. The van der Waals surface area contributed by atoms with E-state index >= 15 is 0 Å². The molecule has 27 heavy (non-hydrogen) atoms. The van der Waals surface area contributed by atoms with E-state index in [1.807, 2.05) is 0 Å². The lowest BCUT2D eigenvalue weighted by Gasteiger charge is -2.35. The van der Waals surface area contributed by atoms with Crippen LogP contribution in [0.3, 0.4) is 0 Å². The maximum Gasteiger partial charge on any atom is 0.257 e. The molecule has 1 atom stereocenters. The number of nitrogens with two attached hydrogens (primary N) is 1. The van der Waals surface area contributed by atoms with Gasteiger partial charge in [-0.15, -0.1) is 0 Å². The smallest absolute Gasteiger partial charge is 0.257 e. The zero-order chi connectivity index (χ0) is 19.0. The molecule has 0 aromatic carbocycles. The van der Waals surface area contributed by atoms with E-state index < -0.39 is 12.0 Å². The molecule has 3 N–H and O–H groups in total. The lowest BCUT2D eigenvalue weighted by atomic mass is 9.92. The van der Waals surface area contributed by atoms with Crippen LogP contribution in [-0.4, -0.2) is 53.0 Å². The molecule has 1 aliphatic heterocycles. The highest BCUT2D eigenvalue weighted by atomic mass is 16.3. The Morgan fingerprint density at radius 2 is 2.00 bits per heavy atom. The van der Waals surface area contributed by atoms with Crippen LogP contribution >= 0.6 is 0 Å². The standard InChI is InChI=1S/C19H22N4O4/c20-18(25)12-4-5-16(21-10-12)22-6-8-23(9-7-22)19(26)13-11-27-15-3-1-2-14(24)17(13)15/h4-5,10-11,14,24H,1-3,6-9H2,(H2,20,25). The van der Waals surface area contributed by atoms with Crippen molar-refractivity contribution in [1.29, 1.82) is 0 Å². The van der Waals surface area contributed by atoms with E-state index in [1.54, 1.807) is 17.0 Å². The fraction of sp³-hybridized carbons (Fsp3) is 0.421. The minimum atomic E-state index is -0.624. The van der Waals surface area contributed by atoms with Crippen molar-refractivity contribution >= 4 is 17.6 Å². The Hall–Kier alpha value is -2.87. The molecule has 1 unspecified atom stereocenters. The van der Waals surface area contributed by atoms with Gasteiger partial charge in [0.05, 0.1) is 17.2 Å². The fourth-order valence-electron chi connectivity index (χ4n) is 3.76. The van der Waals surface area contributed by atoms with Crippen LogP contribution in [0.25, 0.3) is 0 Å². The van der Waals surface area contributed by atoms with Crippen LogP contribution in [0.15, 0.2) is 29.0 Å². The third kappa shape index (κ3) is 3.28. The van der Waals surface area contributed by atoms with E-state index in [0.29, 0.717) is 49.3 Å². The van der Waals surface area contributed by atoms with Crippen molar-refractivity contribution in [3.63, 3.8) is 0 Å². The fourth-order valence-corrected chi connectivity index (χ4v) is 3.76. The molecule has 1 saturated heterocycles. The van der Waals surface area contributed by atoms with Gasteiger partial charge < -0.3 is 25.1 Å². The number of aromatic nitrogens is 1. The summed E-state index contributed by atoms with van der Waals surface area (Å²) in [6, 6.07) is 3.42. The molecule has 8 nitrogen and oxygen atoms in total. The highest BCUT2D eigenvalue weighted by Crippen LogP contribution is 2.34. The summed E-state index contributed by atoms with van der Waals surface area (Å²) in [4.78, 5) is 32.2. The number of primary amides is 1. The molecule has 2 aliphatic rings. The average Bonchev–Trinajstić information content (AvgIpc) is 3.13. The third-order valence-electron chi connectivity index (χ3n) is 5.28. The van der Waals surface area contributed by atoms with Crippen molar-refractivity contribution in [3.05, 3.63) is 47.0 Å². The van der Waals surface area contributed by atoms with E-state index in [4.69, 9.17) is 10.2 Å². The molecule has 0 saturated carbocycles. The van der Waals surface area contributed by atoms with E-state index in [9.17, 15) is 14.7 Å². The number of nitrogens with zero attached hydrogens (tertiary/aromatic N) is 3. The molecule has 0 radical (unpaired) electrons. The number of carbonyl (C=O) groups is 2. The molecule has 2 aromatic heterocycles. The Balaban J connectivity index is 1.43. The first kappa shape index (κ1) is 17.5. The molecule has 8 heteroatoms. The van der Waals surface area contributed by atoms with Crippen molar-refractivity contribution in [2.45, 2.75) is 25.4 Å². The second-order valence-electron chi connectivity index (χ2n) is 6.94. The van der Waals surface area contributed by atoms with Gasteiger partial charge in [-0.1, -0.05) is 0 Å². The van der Waals surface area contributed by atoms with Crippen molar-refractivity contribution in [3.8, 4) is 0 Å². The largest absolute Gasteiger partial charge is 0.468 e. The normalized spacial score (nSPS) is 19.7. The van der Waals surface area contributed by atoms with E-state index in [2.05, 4.69) is 9.88 Å². The SMILES string of the molecule is NC(=O)c1ccc(N2CCN(C(=O)c3coc4c3C(O)CCC4)CC2)nc1. The number of furan rings is 1. The van der Waals surface area contributed by atoms with Crippen molar-refractivity contribution < 1.29 is 19.1 Å². The number of aliphatic hydroxyl groups excluding tert-OH is 1. The number of piperazine rings is 1. The molecule has 1 aliphatic carbocycles. The van der Waals surface area contributed by atoms with Crippen LogP contribution in [0.5, 0.6) is 0 Å². The Labute approximate surface area is 156 Å².